The Bertz CT molecular complexity index is 1970. The summed E-state index contributed by atoms with van der Waals surface area (Å²) < 4.78 is 18.6. The van der Waals surface area contributed by atoms with Gasteiger partial charge in [-0.25, -0.2) is 0 Å². The van der Waals surface area contributed by atoms with Gasteiger partial charge in [0.15, 0.2) is 11.5 Å². The molecule has 8 heteroatoms. The number of aliphatic hydroxyl groups excluding tert-OH is 2. The molecular formula is C37H35NO7. The maximum Gasteiger partial charge on any atom is 0.160 e. The van der Waals surface area contributed by atoms with Crippen molar-refractivity contribution in [2.45, 2.75) is 56.3 Å². The van der Waals surface area contributed by atoms with E-state index in [4.69, 9.17) is 14.2 Å². The molecule has 4 aromatic rings. The first kappa shape index (κ1) is 28.0. The molecule has 4 N–H and O–H groups in total. The summed E-state index contributed by atoms with van der Waals surface area (Å²) in [5.74, 6) is 2.06. The molecule has 8 nitrogen and oxygen atoms in total. The SMILES string of the molecule is COc1cc([C@H]2Oc3c(c4c(c5c3CC[C@H](CO)O5)-c3ccc(O)cc3[C@H](Cc3ccc5c(c3)=CCN=5)C4)C[C@H]2O)ccc1O. The molecule has 0 radical (unpaired) electrons. The lowest BCUT2D eigenvalue weighted by molar-refractivity contribution is 0.0181. The number of rotatable bonds is 5. The molecule has 0 aromatic heterocycles. The first-order valence-electron chi connectivity index (χ1n) is 15.6. The average molecular weight is 606 g/mol. The third-order valence-electron chi connectivity index (χ3n) is 9.80. The van der Waals surface area contributed by atoms with E-state index in [9.17, 15) is 20.4 Å². The van der Waals surface area contributed by atoms with Crippen molar-refractivity contribution in [3.63, 3.8) is 0 Å². The highest BCUT2D eigenvalue weighted by Crippen LogP contribution is 2.56. The average Bonchev–Trinajstić information content (AvgIpc) is 3.53. The normalized spacial score (nSPS) is 22.3. The van der Waals surface area contributed by atoms with Crippen LogP contribution in [0.25, 0.3) is 17.2 Å². The molecule has 8 rings (SSSR count). The number of methoxy groups -OCH3 is 1. The van der Waals surface area contributed by atoms with Crippen LogP contribution in [0.1, 0.15) is 51.8 Å². The molecule has 0 amide bonds. The highest BCUT2D eigenvalue weighted by Gasteiger charge is 2.41. The standard InChI is InChI=1S/C37H35NO7/c1-43-33-15-21(3-9-31(33)41)35-32(42)17-29-28-14-22(13-19-2-8-30-20(12-19)10-11-38-30)27-16-23(40)4-6-25(27)34(28)37-26(36(29)45-35)7-5-24(18-39)44-37/h2-4,6,8-10,12,15-16,22,24,32,35,39-42H,5,7,11,13-14,17-18H2,1H3/t22-,24-,32-,35-/m1/s1. The minimum absolute atomic E-state index is 0.0215. The van der Waals surface area contributed by atoms with Gasteiger partial charge in [0.05, 0.1) is 31.7 Å². The number of aliphatic hydroxyl groups is 2. The Labute approximate surface area is 260 Å². The number of ether oxygens (including phenoxy) is 3. The van der Waals surface area contributed by atoms with Gasteiger partial charge in [0.25, 0.3) is 0 Å². The van der Waals surface area contributed by atoms with Crippen LogP contribution >= 0.6 is 0 Å². The summed E-state index contributed by atoms with van der Waals surface area (Å²) in [6.07, 6.45) is 3.44. The zero-order valence-corrected chi connectivity index (χ0v) is 25.0. The number of phenols is 2. The lowest BCUT2D eigenvalue weighted by atomic mass is 9.72. The first-order valence-corrected chi connectivity index (χ1v) is 15.6. The molecule has 4 aliphatic rings. The largest absolute Gasteiger partial charge is 0.508 e. The van der Waals surface area contributed by atoms with Crippen molar-refractivity contribution in [2.24, 2.45) is 4.99 Å². The van der Waals surface area contributed by atoms with Gasteiger partial charge in [-0.3, -0.25) is 4.99 Å². The number of fused-ring (bicyclic) bond motifs is 9. The van der Waals surface area contributed by atoms with Crippen molar-refractivity contribution in [2.75, 3.05) is 20.3 Å². The van der Waals surface area contributed by atoms with Crippen LogP contribution in [0.15, 0.2) is 59.6 Å². The number of hydrogen-bond donors (Lipinski definition) is 4. The Balaban J connectivity index is 1.28. The third-order valence-corrected chi connectivity index (χ3v) is 9.80. The summed E-state index contributed by atoms with van der Waals surface area (Å²) >= 11 is 0. The summed E-state index contributed by atoms with van der Waals surface area (Å²) in [5, 5.41) is 44.7. The van der Waals surface area contributed by atoms with Crippen molar-refractivity contribution in [3.8, 4) is 39.9 Å². The summed E-state index contributed by atoms with van der Waals surface area (Å²) in [6.45, 7) is 0.617. The fourth-order valence-corrected chi connectivity index (χ4v) is 7.65. The van der Waals surface area contributed by atoms with E-state index >= 15 is 0 Å². The van der Waals surface area contributed by atoms with Crippen LogP contribution in [0, 0.1) is 0 Å². The molecule has 3 aliphatic heterocycles. The number of benzene rings is 4. The number of phenolic OH excluding ortho intramolecular Hbond substituents is 2. The Morgan fingerprint density at radius 3 is 2.67 bits per heavy atom. The van der Waals surface area contributed by atoms with Crippen molar-refractivity contribution >= 4 is 6.08 Å². The van der Waals surface area contributed by atoms with Gasteiger partial charge in [0.1, 0.15) is 29.5 Å². The van der Waals surface area contributed by atoms with Crippen molar-refractivity contribution in [1.29, 1.82) is 0 Å². The Morgan fingerprint density at radius 2 is 1.82 bits per heavy atom. The summed E-state index contributed by atoms with van der Waals surface area (Å²) in [6, 6.07) is 17.0. The summed E-state index contributed by atoms with van der Waals surface area (Å²) in [7, 11) is 1.49. The molecule has 0 saturated heterocycles. The quantitative estimate of drug-likeness (QED) is 0.273. The fraction of sp³-hybridized carbons (Fsp3) is 0.324. The van der Waals surface area contributed by atoms with Gasteiger partial charge in [-0.1, -0.05) is 24.3 Å². The maximum atomic E-state index is 11.6. The van der Waals surface area contributed by atoms with Gasteiger partial charge in [0.2, 0.25) is 0 Å². The van der Waals surface area contributed by atoms with E-state index in [2.05, 4.69) is 29.3 Å². The van der Waals surface area contributed by atoms with E-state index in [0.717, 1.165) is 56.1 Å². The van der Waals surface area contributed by atoms with E-state index in [1.54, 1.807) is 24.3 Å². The van der Waals surface area contributed by atoms with Gasteiger partial charge in [-0.05, 0) is 101 Å². The Morgan fingerprint density at radius 1 is 0.933 bits per heavy atom. The minimum Gasteiger partial charge on any atom is -0.508 e. The minimum atomic E-state index is -0.834. The Hall–Kier alpha value is -4.53. The second-order valence-corrected chi connectivity index (χ2v) is 12.5. The zero-order valence-electron chi connectivity index (χ0n) is 25.0. The molecule has 0 saturated carbocycles. The second-order valence-electron chi connectivity index (χ2n) is 12.5. The second kappa shape index (κ2) is 10.8. The first-order chi connectivity index (χ1) is 21.9. The van der Waals surface area contributed by atoms with E-state index in [1.807, 2.05) is 12.1 Å². The van der Waals surface area contributed by atoms with Crippen LogP contribution in [-0.4, -0.2) is 52.9 Å². The van der Waals surface area contributed by atoms with E-state index < -0.39 is 12.2 Å². The van der Waals surface area contributed by atoms with Gasteiger partial charge in [-0.15, -0.1) is 0 Å². The fourth-order valence-electron chi connectivity index (χ4n) is 7.65. The number of nitrogens with zero attached hydrogens (tertiary/aromatic N) is 1. The molecule has 0 spiro atoms. The molecular weight excluding hydrogens is 570 g/mol. The molecule has 0 fully saturated rings. The van der Waals surface area contributed by atoms with Gasteiger partial charge < -0.3 is 34.6 Å². The zero-order chi connectivity index (χ0) is 30.8. The molecule has 0 bridgehead atoms. The summed E-state index contributed by atoms with van der Waals surface area (Å²) in [4.78, 5) is 4.54. The molecule has 4 atom stereocenters. The lowest BCUT2D eigenvalue weighted by Gasteiger charge is -2.40. The molecule has 4 aromatic carbocycles. The van der Waals surface area contributed by atoms with Crippen LogP contribution in [0.2, 0.25) is 0 Å². The van der Waals surface area contributed by atoms with Gasteiger partial charge >= 0.3 is 0 Å². The topological polar surface area (TPSA) is 121 Å². The van der Waals surface area contributed by atoms with Crippen LogP contribution in [0.4, 0.5) is 0 Å². The maximum absolute atomic E-state index is 11.6. The van der Waals surface area contributed by atoms with Crippen LogP contribution < -0.4 is 24.8 Å². The highest BCUT2D eigenvalue weighted by molar-refractivity contribution is 5.85. The predicted octanol–water partition coefficient (Wildman–Crippen LogP) is 3.79. The van der Waals surface area contributed by atoms with E-state index in [1.165, 1.54) is 12.7 Å². The van der Waals surface area contributed by atoms with Crippen molar-refractivity contribution in [3.05, 3.63) is 98.6 Å². The van der Waals surface area contributed by atoms with Gasteiger partial charge in [-0.2, -0.15) is 0 Å². The lowest BCUT2D eigenvalue weighted by Crippen LogP contribution is -2.34. The molecule has 0 unspecified atom stereocenters. The van der Waals surface area contributed by atoms with Gasteiger partial charge in [0, 0.05) is 23.1 Å². The van der Waals surface area contributed by atoms with Crippen LogP contribution in [0.5, 0.6) is 28.7 Å². The number of aromatic hydroxyl groups is 2. The van der Waals surface area contributed by atoms with Crippen LogP contribution in [0.3, 0.4) is 0 Å². The monoisotopic (exact) mass is 605 g/mol. The predicted molar refractivity (Wildman–Crippen MR) is 168 cm³/mol. The number of hydrogen-bond acceptors (Lipinski definition) is 8. The van der Waals surface area contributed by atoms with Crippen LogP contribution in [-0.2, 0) is 25.7 Å². The van der Waals surface area contributed by atoms with Crippen molar-refractivity contribution in [1.82, 2.24) is 0 Å². The van der Waals surface area contributed by atoms with Crippen molar-refractivity contribution < 1.29 is 34.6 Å². The third kappa shape index (κ3) is 4.62. The highest BCUT2D eigenvalue weighted by atomic mass is 16.5. The molecule has 230 valence electrons. The van der Waals surface area contributed by atoms with E-state index in [-0.39, 0.29) is 30.1 Å². The molecule has 1 aliphatic carbocycles. The Kier molecular flexibility index (Phi) is 6.73. The molecule has 3 heterocycles. The smallest absolute Gasteiger partial charge is 0.160 e. The molecule has 45 heavy (non-hydrogen) atoms. The van der Waals surface area contributed by atoms with E-state index in [0.29, 0.717) is 49.3 Å². The summed E-state index contributed by atoms with van der Waals surface area (Å²) in [5.41, 5.74) is 7.92.